The summed E-state index contributed by atoms with van der Waals surface area (Å²) in [6.07, 6.45) is 3.79. The molecule has 61 heavy (non-hydrogen) atoms. The molecule has 0 nitrogen and oxygen atoms in total. The van der Waals surface area contributed by atoms with Crippen molar-refractivity contribution in [3.05, 3.63) is 130 Å². The molecule has 366 valence electrons. The summed E-state index contributed by atoms with van der Waals surface area (Å²) in [4.78, 5) is 0. The molecule has 0 spiro atoms. The first kappa shape index (κ1) is 85.4. The van der Waals surface area contributed by atoms with Crippen LogP contribution in [0.5, 0.6) is 0 Å². The van der Waals surface area contributed by atoms with Gasteiger partial charge in [0.1, 0.15) is 0 Å². The van der Waals surface area contributed by atoms with Gasteiger partial charge in [-0.3, -0.25) is 0 Å². The highest BCUT2D eigenvalue weighted by Crippen LogP contribution is 2.27. The summed E-state index contributed by atoms with van der Waals surface area (Å²) in [5.74, 6) is 0. The molecule has 0 unspecified atom stereocenters. The Morgan fingerprint density at radius 2 is 0.410 bits per heavy atom. The summed E-state index contributed by atoms with van der Waals surface area (Å²) in [6, 6.07) is 0. The Morgan fingerprint density at radius 1 is 0.279 bits per heavy atom. The van der Waals surface area contributed by atoms with Gasteiger partial charge in [0.15, 0.2) is 0 Å². The second-order valence-corrected chi connectivity index (χ2v) is 21.1. The molecule has 0 aromatic rings. The minimum Gasteiger partial charge on any atom is -0.100 e. The smallest absolute Gasteiger partial charge is 0.0173 e. The predicted molar refractivity (Wildman–Crippen MR) is 304 cm³/mol. The summed E-state index contributed by atoms with van der Waals surface area (Å²) in [5.41, 5.74) is 20.6. The molecule has 0 heterocycles. The standard InChI is InChI=1S/2C9H18.C7H14.2C6H12.6C4H8/c2*1-7(2)8(3)9(4,5)6;1-4-5-6-7(2)3;2*1-5(2)6(3)4;6*1-4(2)3/h2*1-6H3;2,4-6H2,1,3H3;2*1-4H3;6*1H2,2-3H3/i8+1;2*7+1;1+1,5+1;5+1;1+1,2+1,4+1;1+1,4+1;2*4+1;2+1;1+1. The number of unbranched alkanes of at least 4 members (excludes halogenated alkanes) is 1. The molecule has 0 atom stereocenters. The van der Waals surface area contributed by atoms with Gasteiger partial charge in [-0.1, -0.05) is 138 Å². The van der Waals surface area contributed by atoms with Crippen LogP contribution in [-0.2, 0) is 0 Å². The number of allylic oxidation sites excluding steroid dienone is 15. The molecule has 0 saturated heterocycles. The molecular formula is C61H122. The highest BCUT2D eigenvalue weighted by molar-refractivity contribution is 5.14. The van der Waals surface area contributed by atoms with Gasteiger partial charge in [0.05, 0.1) is 0 Å². The van der Waals surface area contributed by atoms with Crippen molar-refractivity contribution in [2.24, 2.45) is 10.8 Å². The molecule has 0 saturated carbocycles. The Balaban J connectivity index is -0.0000000509. The molecule has 0 aromatic carbocycles. The average Bonchev–Trinajstić information content (AvgIpc) is 2.97. The first-order valence-corrected chi connectivity index (χ1v) is 22.5. The number of rotatable bonds is 3. The van der Waals surface area contributed by atoms with Crippen molar-refractivity contribution < 1.29 is 0 Å². The van der Waals surface area contributed by atoms with E-state index < -0.39 is 0 Å². The molecular weight excluding hydrogens is 748 g/mol. The average molecular weight is 871 g/mol. The van der Waals surface area contributed by atoms with E-state index in [9.17, 15) is 0 Å². The maximum absolute atomic E-state index is 3.79. The van der Waals surface area contributed by atoms with Crippen molar-refractivity contribution in [3.63, 3.8) is 0 Å². The van der Waals surface area contributed by atoms with Crippen LogP contribution in [0.1, 0.15) is 255 Å². The van der Waals surface area contributed by atoms with Crippen LogP contribution in [0, 0.1) is 10.8 Å². The van der Waals surface area contributed by atoms with Crippen molar-refractivity contribution in [3.8, 4) is 0 Å². The number of hydrogen-bond acceptors (Lipinski definition) is 0. The maximum atomic E-state index is 3.79. The van der Waals surface area contributed by atoms with Crippen LogP contribution in [0.25, 0.3) is 0 Å². The van der Waals surface area contributed by atoms with Gasteiger partial charge >= 0.3 is 0 Å². The van der Waals surface area contributed by atoms with E-state index in [0.717, 1.165) is 0 Å². The van der Waals surface area contributed by atoms with Crippen LogP contribution in [0.15, 0.2) is 130 Å². The quantitative estimate of drug-likeness (QED) is 0.196. The largest absolute Gasteiger partial charge is 0.100 e. The van der Waals surface area contributed by atoms with E-state index in [2.05, 4.69) is 198 Å². The Kier molecular flexibility index (Phi) is 77.2. The van der Waals surface area contributed by atoms with Crippen LogP contribution in [-0.4, -0.2) is 0 Å². The zero-order valence-corrected chi connectivity index (χ0v) is 49.6. The van der Waals surface area contributed by atoms with Gasteiger partial charge in [0.2, 0.25) is 0 Å². The van der Waals surface area contributed by atoms with Gasteiger partial charge in [0.25, 0.3) is 0 Å². The van der Waals surface area contributed by atoms with E-state index in [0.29, 0.717) is 10.8 Å². The van der Waals surface area contributed by atoms with Crippen LogP contribution in [0.2, 0.25) is 0 Å². The molecule has 0 N–H and O–H groups in total. The zero-order chi connectivity index (χ0) is 52.8. The van der Waals surface area contributed by atoms with Gasteiger partial charge in [-0.15, -0.1) is 46.1 Å². The lowest BCUT2D eigenvalue weighted by molar-refractivity contribution is 0.498. The van der Waals surface area contributed by atoms with E-state index >= 15 is 0 Å². The third kappa shape index (κ3) is 205. The predicted octanol–water partition coefficient (Wildman–Crippen LogP) is 23.7. The van der Waals surface area contributed by atoms with E-state index in [1.54, 1.807) is 0 Å². The highest BCUT2D eigenvalue weighted by Gasteiger charge is 2.13. The Bertz CT molecular complexity index is 1050. The van der Waals surface area contributed by atoms with Gasteiger partial charge in [0, 0.05) is 0 Å². The van der Waals surface area contributed by atoms with Crippen LogP contribution in [0.3, 0.4) is 0 Å². The summed E-state index contributed by atoms with van der Waals surface area (Å²) in [6.45, 7) is 96.6. The molecule has 0 fully saturated rings. The van der Waals surface area contributed by atoms with Crippen molar-refractivity contribution >= 4 is 0 Å². The van der Waals surface area contributed by atoms with Crippen LogP contribution in [0.4, 0.5) is 0 Å². The lowest BCUT2D eigenvalue weighted by atomic mass is 9.89. The van der Waals surface area contributed by atoms with Gasteiger partial charge in [-0.25, -0.2) is 0 Å². The Morgan fingerprint density at radius 3 is 0.426 bits per heavy atom. The molecule has 0 aliphatic heterocycles. The van der Waals surface area contributed by atoms with Crippen molar-refractivity contribution in [2.75, 3.05) is 0 Å². The van der Waals surface area contributed by atoms with Crippen molar-refractivity contribution in [1.29, 1.82) is 0 Å². The maximum Gasteiger partial charge on any atom is -0.0173 e. The second kappa shape index (κ2) is 55.2. The molecule has 0 amide bonds. The van der Waals surface area contributed by atoms with Crippen LogP contribution < -0.4 is 0 Å². The van der Waals surface area contributed by atoms with Crippen molar-refractivity contribution in [1.82, 2.24) is 0 Å². The topological polar surface area (TPSA) is 0 Å². The summed E-state index contributed by atoms with van der Waals surface area (Å²) in [7, 11) is 0. The van der Waals surface area contributed by atoms with E-state index in [1.807, 2.05) is 83.1 Å². The SMILES string of the molecule is C=C(C)[13CH3].C=[13C](C)C.C=[13C](C)C.C=[13C](C)CCCC.CC(=[13C](C)C)C(C)(C)C.CC(C)=[13CH2].CC(C)=[13C](C)C.CC(C)=[13C](C)C(C)(C)C.CC(C)=[13C](C)[13CH3].C[13C](=[13CH2])[13CH3].C[13C](C)=[13CH2]. The van der Waals surface area contributed by atoms with Gasteiger partial charge in [-0.2, -0.15) is 0 Å². The zero-order valence-electron chi connectivity index (χ0n) is 49.6. The minimum atomic E-state index is 0.360. The molecule has 0 radical (unpaired) electrons. The van der Waals surface area contributed by atoms with Gasteiger partial charge in [-0.05, 0) is 211 Å². The fraction of sp³-hybridized carbons (Fsp3) is 0.639. The molecule has 0 bridgehead atoms. The molecule has 0 aromatic heterocycles. The fourth-order valence-electron chi connectivity index (χ4n) is 1.98. The van der Waals surface area contributed by atoms with Gasteiger partial charge < -0.3 is 0 Å². The van der Waals surface area contributed by atoms with Crippen molar-refractivity contribution in [2.45, 2.75) is 255 Å². The summed E-state index contributed by atoms with van der Waals surface area (Å²) < 4.78 is 0. The highest BCUT2D eigenvalue weighted by atomic mass is 14.5. The first-order chi connectivity index (χ1) is 26.7. The Hall–Kier alpha value is -2.86. The molecule has 0 rings (SSSR count). The second-order valence-electron chi connectivity index (χ2n) is 21.1. The van der Waals surface area contributed by atoms with Crippen LogP contribution >= 0.6 is 0 Å². The molecule has 0 aliphatic carbocycles. The third-order valence-corrected chi connectivity index (χ3v) is 6.71. The van der Waals surface area contributed by atoms with E-state index in [4.69, 9.17) is 0 Å². The first-order valence-electron chi connectivity index (χ1n) is 22.5. The summed E-state index contributed by atoms with van der Waals surface area (Å²) >= 11 is 0. The minimum absolute atomic E-state index is 0.360. The lowest BCUT2D eigenvalue weighted by Gasteiger charge is -2.21. The Labute approximate surface area is 393 Å². The summed E-state index contributed by atoms with van der Waals surface area (Å²) in [5, 5.41) is 0. The van der Waals surface area contributed by atoms with E-state index in [-0.39, 0.29) is 0 Å². The monoisotopic (exact) mass is 870 g/mol. The molecule has 0 aliphatic rings. The number of hydrogen-bond donors (Lipinski definition) is 0. The third-order valence-electron chi connectivity index (χ3n) is 6.71. The normalized spacial score (nSPS) is 8.49. The van der Waals surface area contributed by atoms with E-state index in [1.165, 1.54) is 103 Å². The fourth-order valence-corrected chi connectivity index (χ4v) is 1.98. The molecule has 0 heteroatoms. The lowest BCUT2D eigenvalue weighted by Crippen LogP contribution is -2.07.